The maximum absolute atomic E-state index is 12.1. The lowest BCUT2D eigenvalue weighted by Crippen LogP contribution is -2.32. The van der Waals surface area contributed by atoms with Crippen molar-refractivity contribution in [1.82, 2.24) is 0 Å². The Morgan fingerprint density at radius 1 is 0.576 bits per heavy atom. The molecule has 198 valence electrons. The Kier molecular flexibility index (Phi) is 24.1. The fraction of sp³-hybridized carbons (Fsp3) is 0.967. The maximum atomic E-state index is 12.1. The minimum Gasteiger partial charge on any atom is -0.465 e. The molecule has 3 nitrogen and oxygen atoms in total. The number of aliphatic hydroxyl groups excluding tert-OH is 1. The number of unbranched alkanes of at least 4 members (excludes halogenated alkanes) is 17. The second-order valence-electron chi connectivity index (χ2n) is 10.6. The van der Waals surface area contributed by atoms with Crippen molar-refractivity contribution in [3.8, 4) is 0 Å². The Morgan fingerprint density at radius 3 is 1.27 bits per heavy atom. The van der Waals surface area contributed by atoms with Gasteiger partial charge in [-0.3, -0.25) is 4.79 Å². The molecule has 0 rings (SSSR count). The van der Waals surface area contributed by atoms with E-state index in [-0.39, 0.29) is 18.0 Å². The quantitative estimate of drug-likeness (QED) is 0.101. The van der Waals surface area contributed by atoms with Crippen molar-refractivity contribution in [3.63, 3.8) is 0 Å². The highest BCUT2D eigenvalue weighted by molar-refractivity contribution is 5.69. The number of hydrogen-bond acceptors (Lipinski definition) is 3. The first-order valence-corrected chi connectivity index (χ1v) is 14.9. The van der Waals surface area contributed by atoms with Crippen LogP contribution in [0.5, 0.6) is 0 Å². The van der Waals surface area contributed by atoms with E-state index in [1.54, 1.807) is 0 Å². The molecule has 0 fully saturated rings. The van der Waals surface area contributed by atoms with E-state index in [0.29, 0.717) is 13.0 Å². The Balaban J connectivity index is 3.43. The van der Waals surface area contributed by atoms with Gasteiger partial charge in [-0.05, 0) is 19.3 Å². The first-order chi connectivity index (χ1) is 16.1. The van der Waals surface area contributed by atoms with Crippen molar-refractivity contribution >= 4 is 5.97 Å². The van der Waals surface area contributed by atoms with Gasteiger partial charge in [0.2, 0.25) is 0 Å². The number of carbonyl (C=O) groups is 1. The second kappa shape index (κ2) is 24.6. The van der Waals surface area contributed by atoms with Gasteiger partial charge in [-0.2, -0.15) is 0 Å². The summed E-state index contributed by atoms with van der Waals surface area (Å²) in [6, 6.07) is 0. The van der Waals surface area contributed by atoms with Crippen molar-refractivity contribution in [2.24, 2.45) is 5.41 Å². The zero-order valence-corrected chi connectivity index (χ0v) is 22.9. The van der Waals surface area contributed by atoms with Gasteiger partial charge in [-0.25, -0.2) is 0 Å². The molecule has 0 atom stereocenters. The molecule has 0 amide bonds. The standard InChI is InChI=1S/C30H60O3/c1-4-7-8-9-10-11-12-13-14-15-16-17-18-19-20-21-22-23-24-29(32)33-28-30(27-31,25-5-2)26-6-3/h31H,4-28H2,1-3H3. The molecule has 0 aliphatic rings. The van der Waals surface area contributed by atoms with Crippen molar-refractivity contribution in [1.29, 1.82) is 0 Å². The molecule has 0 spiro atoms. The second-order valence-corrected chi connectivity index (χ2v) is 10.6. The molecule has 33 heavy (non-hydrogen) atoms. The predicted octanol–water partition coefficient (Wildman–Crippen LogP) is 9.54. The third kappa shape index (κ3) is 20.5. The van der Waals surface area contributed by atoms with Crippen LogP contribution < -0.4 is 0 Å². The van der Waals surface area contributed by atoms with Crippen LogP contribution in [0.4, 0.5) is 0 Å². The van der Waals surface area contributed by atoms with E-state index >= 15 is 0 Å². The summed E-state index contributed by atoms with van der Waals surface area (Å²) in [5.41, 5.74) is -0.229. The molecular weight excluding hydrogens is 408 g/mol. The van der Waals surface area contributed by atoms with Gasteiger partial charge in [0.05, 0.1) is 13.2 Å². The summed E-state index contributed by atoms with van der Waals surface area (Å²) in [5, 5.41) is 9.80. The molecule has 0 aliphatic carbocycles. The first kappa shape index (κ1) is 32.4. The fourth-order valence-electron chi connectivity index (χ4n) is 5.01. The van der Waals surface area contributed by atoms with E-state index in [9.17, 15) is 9.90 Å². The molecule has 0 saturated heterocycles. The van der Waals surface area contributed by atoms with E-state index in [0.717, 1.165) is 38.5 Å². The average molecular weight is 469 g/mol. The summed E-state index contributed by atoms with van der Waals surface area (Å²) in [6.07, 6.45) is 28.8. The monoisotopic (exact) mass is 468 g/mol. The van der Waals surface area contributed by atoms with Gasteiger partial charge in [0, 0.05) is 11.8 Å². The predicted molar refractivity (Wildman–Crippen MR) is 144 cm³/mol. The Labute approximate surface area is 207 Å². The molecule has 0 aliphatic heterocycles. The molecule has 0 aromatic heterocycles. The normalized spacial score (nSPS) is 11.8. The summed E-state index contributed by atoms with van der Waals surface area (Å²) in [6.45, 7) is 7.03. The van der Waals surface area contributed by atoms with Crippen LogP contribution in [0, 0.1) is 5.41 Å². The highest BCUT2D eigenvalue weighted by atomic mass is 16.5. The lowest BCUT2D eigenvalue weighted by atomic mass is 9.81. The molecule has 0 aromatic carbocycles. The topological polar surface area (TPSA) is 46.5 Å². The van der Waals surface area contributed by atoms with Crippen LogP contribution in [0.1, 0.15) is 168 Å². The Hall–Kier alpha value is -0.570. The summed E-state index contributed by atoms with van der Waals surface area (Å²) in [4.78, 5) is 12.1. The van der Waals surface area contributed by atoms with Gasteiger partial charge in [0.25, 0.3) is 0 Å². The van der Waals surface area contributed by atoms with E-state index in [4.69, 9.17) is 4.74 Å². The Morgan fingerprint density at radius 2 is 0.939 bits per heavy atom. The van der Waals surface area contributed by atoms with Gasteiger partial charge in [0.15, 0.2) is 0 Å². The fourth-order valence-corrected chi connectivity index (χ4v) is 5.01. The number of carbonyl (C=O) groups excluding carboxylic acids is 1. The van der Waals surface area contributed by atoms with E-state index < -0.39 is 0 Å². The number of aliphatic hydroxyl groups is 1. The molecule has 0 radical (unpaired) electrons. The van der Waals surface area contributed by atoms with Crippen molar-refractivity contribution < 1.29 is 14.6 Å². The van der Waals surface area contributed by atoms with Gasteiger partial charge in [0.1, 0.15) is 0 Å². The zero-order valence-electron chi connectivity index (χ0n) is 22.9. The van der Waals surface area contributed by atoms with Crippen LogP contribution in [0.3, 0.4) is 0 Å². The van der Waals surface area contributed by atoms with Gasteiger partial charge in [-0.15, -0.1) is 0 Å². The number of rotatable bonds is 26. The third-order valence-electron chi connectivity index (χ3n) is 7.17. The van der Waals surface area contributed by atoms with Crippen LogP contribution in [0.15, 0.2) is 0 Å². The molecular formula is C30H60O3. The van der Waals surface area contributed by atoms with Gasteiger partial charge >= 0.3 is 5.97 Å². The first-order valence-electron chi connectivity index (χ1n) is 14.9. The largest absolute Gasteiger partial charge is 0.465 e. The molecule has 3 heteroatoms. The molecule has 0 unspecified atom stereocenters. The van der Waals surface area contributed by atoms with E-state index in [1.807, 2.05) is 0 Å². The van der Waals surface area contributed by atoms with Crippen molar-refractivity contribution in [3.05, 3.63) is 0 Å². The van der Waals surface area contributed by atoms with E-state index in [1.165, 1.54) is 103 Å². The average Bonchev–Trinajstić information content (AvgIpc) is 2.82. The van der Waals surface area contributed by atoms with Crippen molar-refractivity contribution in [2.75, 3.05) is 13.2 Å². The summed E-state index contributed by atoms with van der Waals surface area (Å²) in [5.74, 6) is -0.0866. The number of hydrogen-bond donors (Lipinski definition) is 1. The number of esters is 1. The summed E-state index contributed by atoms with van der Waals surface area (Å²) in [7, 11) is 0. The van der Waals surface area contributed by atoms with Crippen LogP contribution in [-0.2, 0) is 9.53 Å². The zero-order chi connectivity index (χ0) is 24.5. The Bertz CT molecular complexity index is 401. The minimum atomic E-state index is -0.229. The molecule has 0 heterocycles. The van der Waals surface area contributed by atoms with E-state index in [2.05, 4.69) is 20.8 Å². The summed E-state index contributed by atoms with van der Waals surface area (Å²) >= 11 is 0. The highest BCUT2D eigenvalue weighted by Gasteiger charge is 2.29. The summed E-state index contributed by atoms with van der Waals surface area (Å²) < 4.78 is 5.54. The maximum Gasteiger partial charge on any atom is 0.305 e. The van der Waals surface area contributed by atoms with Gasteiger partial charge in [-0.1, -0.05) is 143 Å². The molecule has 0 saturated carbocycles. The smallest absolute Gasteiger partial charge is 0.305 e. The van der Waals surface area contributed by atoms with Crippen LogP contribution in [0.2, 0.25) is 0 Å². The SMILES string of the molecule is CCCCCCCCCCCCCCCCCCCCC(=O)OCC(CO)(CCC)CCC. The van der Waals surface area contributed by atoms with Crippen LogP contribution in [0.25, 0.3) is 0 Å². The van der Waals surface area contributed by atoms with Crippen LogP contribution >= 0.6 is 0 Å². The lowest BCUT2D eigenvalue weighted by molar-refractivity contribution is -0.149. The lowest BCUT2D eigenvalue weighted by Gasteiger charge is -2.30. The molecule has 1 N–H and O–H groups in total. The van der Waals surface area contributed by atoms with Crippen molar-refractivity contribution in [2.45, 2.75) is 168 Å². The third-order valence-corrected chi connectivity index (χ3v) is 7.17. The minimum absolute atomic E-state index is 0.0866. The number of ether oxygens (including phenoxy) is 1. The molecule has 0 aromatic rings. The highest BCUT2D eigenvalue weighted by Crippen LogP contribution is 2.30. The molecule has 0 bridgehead atoms. The van der Waals surface area contributed by atoms with Crippen LogP contribution in [-0.4, -0.2) is 24.3 Å². The van der Waals surface area contributed by atoms with Gasteiger partial charge < -0.3 is 9.84 Å².